The van der Waals surface area contributed by atoms with Crippen molar-refractivity contribution < 1.29 is 5.11 Å². The Morgan fingerprint density at radius 2 is 2.16 bits per heavy atom. The molecule has 2 aromatic rings. The van der Waals surface area contributed by atoms with Crippen molar-refractivity contribution in [2.45, 2.75) is 26.1 Å². The summed E-state index contributed by atoms with van der Waals surface area (Å²) >= 11 is 0. The second-order valence-electron chi connectivity index (χ2n) is 4.89. The zero-order valence-electron chi connectivity index (χ0n) is 11.0. The normalized spacial score (nSPS) is 16.3. The Bertz CT molecular complexity index is 560. The van der Waals surface area contributed by atoms with Crippen LogP contribution in [0.5, 0.6) is 0 Å². The highest BCUT2D eigenvalue weighted by Gasteiger charge is 2.18. The smallest absolute Gasteiger partial charge is 0.158 e. The Kier molecular flexibility index (Phi) is 3.31. The quantitative estimate of drug-likeness (QED) is 0.812. The first kappa shape index (κ1) is 12.3. The molecule has 0 fully saturated rings. The molecule has 0 aromatic carbocycles. The van der Waals surface area contributed by atoms with Crippen LogP contribution in [0.15, 0.2) is 12.4 Å². The van der Waals surface area contributed by atoms with Crippen molar-refractivity contribution in [3.8, 4) is 0 Å². The Morgan fingerprint density at radius 3 is 2.89 bits per heavy atom. The Morgan fingerprint density at radius 1 is 1.26 bits per heavy atom. The summed E-state index contributed by atoms with van der Waals surface area (Å²) in [5.74, 6) is 1.64. The van der Waals surface area contributed by atoms with Crippen molar-refractivity contribution in [1.29, 1.82) is 0 Å². The third kappa shape index (κ3) is 2.52. The molecule has 2 aromatic heterocycles. The number of fused-ring (bicyclic) bond motifs is 1. The molecular formula is C12H18N6O. The Balaban J connectivity index is 1.68. The molecule has 7 nitrogen and oxygen atoms in total. The minimum Gasteiger partial charge on any atom is -0.388 e. The molecule has 0 amide bonds. The summed E-state index contributed by atoms with van der Waals surface area (Å²) < 4.78 is 3.86. The van der Waals surface area contributed by atoms with Gasteiger partial charge in [0, 0.05) is 51.4 Å². The number of aliphatic hydroxyl groups is 1. The van der Waals surface area contributed by atoms with E-state index in [-0.39, 0.29) is 6.61 Å². The van der Waals surface area contributed by atoms with Crippen molar-refractivity contribution in [2.75, 3.05) is 13.1 Å². The van der Waals surface area contributed by atoms with Crippen molar-refractivity contribution in [1.82, 2.24) is 29.4 Å². The van der Waals surface area contributed by atoms with Gasteiger partial charge in [-0.2, -0.15) is 5.10 Å². The summed E-state index contributed by atoms with van der Waals surface area (Å²) in [5.41, 5.74) is 1.22. The molecular weight excluding hydrogens is 244 g/mol. The lowest BCUT2D eigenvalue weighted by atomic mass is 10.3. The molecule has 0 atom stereocenters. The van der Waals surface area contributed by atoms with Gasteiger partial charge in [-0.05, 0) is 0 Å². The van der Waals surface area contributed by atoms with Gasteiger partial charge in [-0.15, -0.1) is 10.2 Å². The molecule has 0 saturated heterocycles. The summed E-state index contributed by atoms with van der Waals surface area (Å²) in [6.45, 7) is 3.58. The second kappa shape index (κ2) is 5.10. The molecule has 1 N–H and O–H groups in total. The van der Waals surface area contributed by atoms with Gasteiger partial charge in [-0.25, -0.2) is 0 Å². The highest BCUT2D eigenvalue weighted by atomic mass is 16.3. The number of hydrogen-bond acceptors (Lipinski definition) is 5. The number of aliphatic hydroxyl groups excluding tert-OH is 1. The van der Waals surface area contributed by atoms with Crippen molar-refractivity contribution in [3.63, 3.8) is 0 Å². The number of rotatable bonds is 3. The van der Waals surface area contributed by atoms with E-state index in [9.17, 15) is 5.11 Å². The van der Waals surface area contributed by atoms with Crippen LogP contribution < -0.4 is 0 Å². The molecule has 0 unspecified atom stereocenters. The van der Waals surface area contributed by atoms with Gasteiger partial charge in [0.2, 0.25) is 0 Å². The summed E-state index contributed by atoms with van der Waals surface area (Å²) in [5, 5.41) is 21.6. The van der Waals surface area contributed by atoms with E-state index >= 15 is 0 Å². The van der Waals surface area contributed by atoms with E-state index in [1.165, 1.54) is 5.56 Å². The lowest BCUT2D eigenvalue weighted by Gasteiger charge is -2.18. The van der Waals surface area contributed by atoms with Crippen molar-refractivity contribution >= 4 is 0 Å². The van der Waals surface area contributed by atoms with Crippen LogP contribution in [0.4, 0.5) is 0 Å². The second-order valence-corrected chi connectivity index (χ2v) is 4.89. The first-order valence-electron chi connectivity index (χ1n) is 6.48. The molecule has 0 bridgehead atoms. The van der Waals surface area contributed by atoms with Gasteiger partial charge >= 0.3 is 0 Å². The summed E-state index contributed by atoms with van der Waals surface area (Å²) in [4.78, 5) is 2.38. The number of nitrogens with zero attached hydrogens (tertiary/aromatic N) is 6. The van der Waals surface area contributed by atoms with Gasteiger partial charge in [0.25, 0.3) is 0 Å². The first-order chi connectivity index (χ1) is 9.26. The largest absolute Gasteiger partial charge is 0.388 e. The van der Waals surface area contributed by atoms with E-state index < -0.39 is 0 Å². The zero-order valence-corrected chi connectivity index (χ0v) is 11.0. The average Bonchev–Trinajstić information content (AvgIpc) is 2.93. The molecule has 0 saturated carbocycles. The lowest BCUT2D eigenvalue weighted by Crippen LogP contribution is -2.26. The average molecular weight is 262 g/mol. The van der Waals surface area contributed by atoms with E-state index in [0.717, 1.165) is 38.4 Å². The van der Waals surface area contributed by atoms with E-state index in [4.69, 9.17) is 0 Å². The number of aryl methyl sites for hydroxylation is 1. The third-order valence-electron chi connectivity index (χ3n) is 3.50. The predicted octanol–water partition coefficient (Wildman–Crippen LogP) is -0.438. The Labute approximate surface area is 111 Å². The molecule has 3 heterocycles. The van der Waals surface area contributed by atoms with Crippen LogP contribution in [0, 0.1) is 0 Å². The van der Waals surface area contributed by atoms with E-state index in [1.54, 1.807) is 0 Å². The highest BCUT2D eigenvalue weighted by Crippen LogP contribution is 2.12. The third-order valence-corrected chi connectivity index (χ3v) is 3.50. The number of aromatic nitrogens is 5. The zero-order chi connectivity index (χ0) is 13.2. The maximum Gasteiger partial charge on any atom is 0.158 e. The van der Waals surface area contributed by atoms with Crippen LogP contribution in [0.1, 0.15) is 17.2 Å². The van der Waals surface area contributed by atoms with Crippen LogP contribution in [-0.4, -0.2) is 47.6 Å². The summed E-state index contributed by atoms with van der Waals surface area (Å²) in [7, 11) is 1.93. The first-order valence-corrected chi connectivity index (χ1v) is 6.48. The maximum atomic E-state index is 9.23. The minimum atomic E-state index is -0.0460. The molecule has 7 heteroatoms. The van der Waals surface area contributed by atoms with E-state index in [1.807, 2.05) is 28.7 Å². The fraction of sp³-hybridized carbons (Fsp3) is 0.583. The van der Waals surface area contributed by atoms with Gasteiger partial charge in [-0.1, -0.05) is 0 Å². The van der Waals surface area contributed by atoms with E-state index in [2.05, 4.69) is 20.2 Å². The van der Waals surface area contributed by atoms with Gasteiger partial charge < -0.3 is 9.67 Å². The fourth-order valence-electron chi connectivity index (χ4n) is 2.51. The highest BCUT2D eigenvalue weighted by molar-refractivity contribution is 5.04. The van der Waals surface area contributed by atoms with Gasteiger partial charge in [-0.3, -0.25) is 9.58 Å². The minimum absolute atomic E-state index is 0.0460. The predicted molar refractivity (Wildman–Crippen MR) is 68.1 cm³/mol. The molecule has 102 valence electrons. The van der Waals surface area contributed by atoms with Crippen LogP contribution in [0.3, 0.4) is 0 Å². The van der Waals surface area contributed by atoms with Gasteiger partial charge in [0.15, 0.2) is 5.82 Å². The van der Waals surface area contributed by atoms with Gasteiger partial charge in [0.1, 0.15) is 12.4 Å². The van der Waals surface area contributed by atoms with Crippen molar-refractivity contribution in [2.24, 2.45) is 7.05 Å². The molecule has 0 aliphatic carbocycles. The number of hydrogen-bond donors (Lipinski definition) is 1. The van der Waals surface area contributed by atoms with Crippen LogP contribution in [-0.2, 0) is 33.2 Å². The summed E-state index contributed by atoms with van der Waals surface area (Å²) in [6, 6.07) is 0. The molecule has 1 aliphatic heterocycles. The SMILES string of the molecule is Cn1cc(CN2CCc3nnc(CO)n3CC2)cn1. The topological polar surface area (TPSA) is 72.0 Å². The monoisotopic (exact) mass is 262 g/mol. The molecule has 3 rings (SSSR count). The molecule has 19 heavy (non-hydrogen) atoms. The maximum absolute atomic E-state index is 9.23. The van der Waals surface area contributed by atoms with E-state index in [0.29, 0.717) is 5.82 Å². The van der Waals surface area contributed by atoms with Gasteiger partial charge in [0.05, 0.1) is 6.20 Å². The Hall–Kier alpha value is -1.73. The van der Waals surface area contributed by atoms with Crippen LogP contribution in [0.25, 0.3) is 0 Å². The molecule has 0 spiro atoms. The standard InChI is InChI=1S/C12H18N6O/c1-16-7-10(6-13-16)8-17-3-2-11-14-15-12(9-19)18(11)5-4-17/h6-7,19H,2-5,8-9H2,1H3. The van der Waals surface area contributed by atoms with Crippen LogP contribution >= 0.6 is 0 Å². The molecule has 1 aliphatic rings. The van der Waals surface area contributed by atoms with Crippen LogP contribution in [0.2, 0.25) is 0 Å². The summed E-state index contributed by atoms with van der Waals surface area (Å²) in [6.07, 6.45) is 4.82. The van der Waals surface area contributed by atoms with Crippen molar-refractivity contribution in [3.05, 3.63) is 29.6 Å². The lowest BCUT2D eigenvalue weighted by molar-refractivity contribution is 0.252. The fourth-order valence-corrected chi connectivity index (χ4v) is 2.51. The molecule has 0 radical (unpaired) electrons.